The Labute approximate surface area is 143 Å². The topological polar surface area (TPSA) is 56.2 Å². The molecule has 5 heteroatoms. The largest absolute Gasteiger partial charge is 0.381 e. The summed E-state index contributed by atoms with van der Waals surface area (Å²) < 4.78 is 7.18. The minimum absolute atomic E-state index is 0.00729. The first-order chi connectivity index (χ1) is 11.6. The molecule has 1 aliphatic rings. The van der Waals surface area contributed by atoms with Crippen LogP contribution in [-0.4, -0.2) is 35.4 Å². The Kier molecular flexibility index (Phi) is 5.30. The molecule has 2 heterocycles. The molecule has 1 aromatic heterocycles. The molecule has 0 spiro atoms. The van der Waals surface area contributed by atoms with Crippen LogP contribution in [-0.2, 0) is 11.8 Å². The van der Waals surface area contributed by atoms with Crippen LogP contribution >= 0.6 is 0 Å². The summed E-state index contributed by atoms with van der Waals surface area (Å²) in [5.41, 5.74) is 3.87. The Balaban J connectivity index is 1.51. The van der Waals surface area contributed by atoms with E-state index in [0.29, 0.717) is 11.5 Å². The zero-order valence-electron chi connectivity index (χ0n) is 14.4. The van der Waals surface area contributed by atoms with Gasteiger partial charge in [0.25, 0.3) is 5.91 Å². The number of benzene rings is 1. The van der Waals surface area contributed by atoms with E-state index in [1.54, 1.807) is 4.68 Å². The quantitative estimate of drug-likeness (QED) is 0.830. The van der Waals surface area contributed by atoms with Gasteiger partial charge in [-0.1, -0.05) is 12.1 Å². The van der Waals surface area contributed by atoms with E-state index in [1.165, 1.54) is 0 Å². The first kappa shape index (κ1) is 16.7. The summed E-state index contributed by atoms with van der Waals surface area (Å²) in [6.07, 6.45) is 5.28. The molecule has 1 saturated heterocycles. The van der Waals surface area contributed by atoms with Crippen molar-refractivity contribution in [3.8, 4) is 11.1 Å². The van der Waals surface area contributed by atoms with Gasteiger partial charge in [0.1, 0.15) is 0 Å². The highest BCUT2D eigenvalue weighted by Gasteiger charge is 2.15. The summed E-state index contributed by atoms with van der Waals surface area (Å²) in [7, 11) is 1.91. The summed E-state index contributed by atoms with van der Waals surface area (Å²) in [5, 5.41) is 7.36. The highest BCUT2D eigenvalue weighted by Crippen LogP contribution is 2.22. The number of carbonyl (C=O) groups is 1. The predicted octanol–water partition coefficient (Wildman–Crippen LogP) is 2.94. The maximum Gasteiger partial charge on any atom is 0.251 e. The number of ether oxygens (including phenoxy) is 1. The smallest absolute Gasteiger partial charge is 0.251 e. The van der Waals surface area contributed by atoms with Crippen molar-refractivity contribution in [2.45, 2.75) is 26.2 Å². The van der Waals surface area contributed by atoms with Crippen molar-refractivity contribution in [3.63, 3.8) is 0 Å². The summed E-state index contributed by atoms with van der Waals surface area (Å²) in [6, 6.07) is 7.72. The lowest BCUT2D eigenvalue weighted by molar-refractivity contribution is 0.0952. The van der Waals surface area contributed by atoms with E-state index in [9.17, 15) is 4.79 Å². The molecule has 24 heavy (non-hydrogen) atoms. The zero-order chi connectivity index (χ0) is 16.9. The maximum absolute atomic E-state index is 12.2. The SMILES string of the molecule is Cc1nn(C)cc1-c1ccc(C(=O)NCCC[C@@H]2CCOC2)cc1. The standard InChI is InChI=1S/C19H25N3O2/c1-14-18(12-22(2)21-14)16-5-7-17(8-6-16)19(23)20-10-3-4-15-9-11-24-13-15/h5-8,12,15H,3-4,9-11,13H2,1-2H3,(H,20,23)/t15-/m1/s1. The lowest BCUT2D eigenvalue weighted by Gasteiger charge is -2.09. The summed E-state index contributed by atoms with van der Waals surface area (Å²) in [5.74, 6) is 0.663. The van der Waals surface area contributed by atoms with Gasteiger partial charge in [0.05, 0.1) is 5.69 Å². The second-order valence-corrected chi connectivity index (χ2v) is 6.51. The Morgan fingerprint density at radius 3 is 2.79 bits per heavy atom. The van der Waals surface area contributed by atoms with Crippen molar-refractivity contribution in [3.05, 3.63) is 41.7 Å². The van der Waals surface area contributed by atoms with Crippen LogP contribution in [0.5, 0.6) is 0 Å². The van der Waals surface area contributed by atoms with Crippen molar-refractivity contribution < 1.29 is 9.53 Å². The molecule has 1 aromatic carbocycles. The van der Waals surface area contributed by atoms with E-state index in [-0.39, 0.29) is 5.91 Å². The van der Waals surface area contributed by atoms with E-state index in [1.807, 2.05) is 44.4 Å². The number of hydrogen-bond donors (Lipinski definition) is 1. The Morgan fingerprint density at radius 1 is 1.38 bits per heavy atom. The van der Waals surface area contributed by atoms with Gasteiger partial charge in [0, 0.05) is 44.1 Å². The predicted molar refractivity (Wildman–Crippen MR) is 93.9 cm³/mol. The summed E-state index contributed by atoms with van der Waals surface area (Å²) >= 11 is 0. The van der Waals surface area contributed by atoms with Crippen LogP contribution < -0.4 is 5.32 Å². The summed E-state index contributed by atoms with van der Waals surface area (Å²) in [6.45, 7) is 4.48. The lowest BCUT2D eigenvalue weighted by Crippen LogP contribution is -2.24. The number of amides is 1. The lowest BCUT2D eigenvalue weighted by atomic mass is 10.0. The number of aryl methyl sites for hydroxylation is 2. The monoisotopic (exact) mass is 327 g/mol. The number of carbonyl (C=O) groups excluding carboxylic acids is 1. The van der Waals surface area contributed by atoms with Crippen LogP contribution in [0.2, 0.25) is 0 Å². The fraction of sp³-hybridized carbons (Fsp3) is 0.474. The average molecular weight is 327 g/mol. The van der Waals surface area contributed by atoms with E-state index < -0.39 is 0 Å². The minimum atomic E-state index is -0.00729. The number of aromatic nitrogens is 2. The second kappa shape index (κ2) is 7.62. The number of nitrogens with zero attached hydrogens (tertiary/aromatic N) is 2. The molecule has 0 unspecified atom stereocenters. The zero-order valence-corrected chi connectivity index (χ0v) is 14.4. The Bertz CT molecular complexity index is 685. The third-order valence-electron chi connectivity index (χ3n) is 4.57. The van der Waals surface area contributed by atoms with Crippen LogP contribution in [0.15, 0.2) is 30.5 Å². The highest BCUT2D eigenvalue weighted by atomic mass is 16.5. The van der Waals surface area contributed by atoms with Crippen LogP contribution in [0, 0.1) is 12.8 Å². The molecular formula is C19H25N3O2. The maximum atomic E-state index is 12.2. The minimum Gasteiger partial charge on any atom is -0.381 e. The van der Waals surface area contributed by atoms with Crippen LogP contribution in [0.3, 0.4) is 0 Å². The van der Waals surface area contributed by atoms with Crippen LogP contribution in [0.4, 0.5) is 0 Å². The van der Waals surface area contributed by atoms with Crippen molar-refractivity contribution in [2.75, 3.05) is 19.8 Å². The van der Waals surface area contributed by atoms with Gasteiger partial charge in [-0.15, -0.1) is 0 Å². The molecule has 0 bridgehead atoms. The molecule has 0 radical (unpaired) electrons. The molecule has 2 aromatic rings. The van der Waals surface area contributed by atoms with E-state index in [0.717, 1.165) is 55.8 Å². The highest BCUT2D eigenvalue weighted by molar-refractivity contribution is 5.94. The molecular weight excluding hydrogens is 302 g/mol. The van der Waals surface area contributed by atoms with Gasteiger partial charge in [-0.25, -0.2) is 0 Å². The molecule has 0 saturated carbocycles. The second-order valence-electron chi connectivity index (χ2n) is 6.51. The third-order valence-corrected chi connectivity index (χ3v) is 4.57. The number of hydrogen-bond acceptors (Lipinski definition) is 3. The third kappa shape index (κ3) is 4.03. The van der Waals surface area contributed by atoms with Gasteiger partial charge in [0.2, 0.25) is 0 Å². The van der Waals surface area contributed by atoms with Crippen molar-refractivity contribution in [1.82, 2.24) is 15.1 Å². The van der Waals surface area contributed by atoms with Gasteiger partial charge < -0.3 is 10.1 Å². The van der Waals surface area contributed by atoms with Gasteiger partial charge in [-0.2, -0.15) is 5.10 Å². The molecule has 1 N–H and O–H groups in total. The van der Waals surface area contributed by atoms with Crippen molar-refractivity contribution >= 4 is 5.91 Å². The molecule has 3 rings (SSSR count). The summed E-state index contributed by atoms with van der Waals surface area (Å²) in [4.78, 5) is 12.2. The first-order valence-corrected chi connectivity index (χ1v) is 8.60. The molecule has 1 aliphatic heterocycles. The van der Waals surface area contributed by atoms with E-state index in [2.05, 4.69) is 10.4 Å². The molecule has 1 atom stereocenters. The average Bonchev–Trinajstić information content (AvgIpc) is 3.21. The van der Waals surface area contributed by atoms with Gasteiger partial charge in [0.15, 0.2) is 0 Å². The number of rotatable bonds is 6. The molecule has 0 aliphatic carbocycles. The molecule has 1 amide bonds. The molecule has 128 valence electrons. The van der Waals surface area contributed by atoms with Gasteiger partial charge >= 0.3 is 0 Å². The van der Waals surface area contributed by atoms with Crippen LogP contribution in [0.25, 0.3) is 11.1 Å². The van der Waals surface area contributed by atoms with Gasteiger partial charge in [-0.05, 0) is 49.8 Å². The fourth-order valence-electron chi connectivity index (χ4n) is 3.19. The van der Waals surface area contributed by atoms with E-state index >= 15 is 0 Å². The number of nitrogens with one attached hydrogen (secondary N) is 1. The molecule has 1 fully saturated rings. The normalized spacial score (nSPS) is 17.2. The van der Waals surface area contributed by atoms with E-state index in [4.69, 9.17) is 4.74 Å². The Morgan fingerprint density at radius 2 is 2.17 bits per heavy atom. The first-order valence-electron chi connectivity index (χ1n) is 8.60. The van der Waals surface area contributed by atoms with Crippen LogP contribution in [0.1, 0.15) is 35.3 Å². The van der Waals surface area contributed by atoms with Gasteiger partial charge in [-0.3, -0.25) is 9.48 Å². The van der Waals surface area contributed by atoms with Crippen molar-refractivity contribution in [1.29, 1.82) is 0 Å². The Hall–Kier alpha value is -2.14. The fourth-order valence-corrected chi connectivity index (χ4v) is 3.19. The molecule has 5 nitrogen and oxygen atoms in total. The van der Waals surface area contributed by atoms with Crippen molar-refractivity contribution in [2.24, 2.45) is 13.0 Å².